The Morgan fingerprint density at radius 1 is 1.16 bits per heavy atom. The third-order valence-electron chi connectivity index (χ3n) is 5.56. The molecular weight excluding hydrogens is 414 g/mol. The van der Waals surface area contributed by atoms with Gasteiger partial charge in [0, 0.05) is 16.6 Å². The van der Waals surface area contributed by atoms with Gasteiger partial charge in [0.2, 0.25) is 11.7 Å². The highest BCUT2D eigenvalue weighted by Gasteiger charge is 2.31. The van der Waals surface area contributed by atoms with Crippen molar-refractivity contribution in [1.29, 1.82) is 0 Å². The molecule has 0 bridgehead atoms. The summed E-state index contributed by atoms with van der Waals surface area (Å²) in [5, 5.41) is 4.67. The minimum absolute atomic E-state index is 0.0914. The number of amides is 1. The standard InChI is InChI=1S/C24H26ClN3O3/c1-17(30-21-14-8-11-19(25)15-21)24(29)28(20-12-6-3-7-13-20)16-22-26-23(27-31-22)18-9-4-2-5-10-18/h2,4-5,8-11,14-15,17,20H,3,6-7,12-13,16H2,1H3/t17-/m0/s1. The maximum Gasteiger partial charge on any atom is 0.264 e. The zero-order valence-corrected chi connectivity index (χ0v) is 18.3. The van der Waals surface area contributed by atoms with Crippen LogP contribution in [0.3, 0.4) is 0 Å². The summed E-state index contributed by atoms with van der Waals surface area (Å²) < 4.78 is 11.4. The lowest BCUT2D eigenvalue weighted by Crippen LogP contribution is -2.46. The number of ether oxygens (including phenoxy) is 1. The normalized spacial score (nSPS) is 15.4. The molecule has 0 aliphatic heterocycles. The molecule has 0 radical (unpaired) electrons. The van der Waals surface area contributed by atoms with Crippen molar-refractivity contribution in [3.8, 4) is 17.1 Å². The van der Waals surface area contributed by atoms with Crippen molar-refractivity contribution >= 4 is 17.5 Å². The minimum Gasteiger partial charge on any atom is -0.481 e. The molecule has 0 spiro atoms. The van der Waals surface area contributed by atoms with E-state index in [1.807, 2.05) is 35.2 Å². The van der Waals surface area contributed by atoms with E-state index >= 15 is 0 Å². The fraction of sp³-hybridized carbons (Fsp3) is 0.375. The van der Waals surface area contributed by atoms with E-state index in [0.717, 1.165) is 31.2 Å². The van der Waals surface area contributed by atoms with Gasteiger partial charge in [0.25, 0.3) is 5.91 Å². The molecular formula is C24H26ClN3O3. The van der Waals surface area contributed by atoms with Crippen molar-refractivity contribution in [1.82, 2.24) is 15.0 Å². The van der Waals surface area contributed by atoms with Crippen molar-refractivity contribution in [3.05, 3.63) is 65.5 Å². The van der Waals surface area contributed by atoms with Crippen molar-refractivity contribution < 1.29 is 14.1 Å². The van der Waals surface area contributed by atoms with E-state index in [1.165, 1.54) is 6.42 Å². The summed E-state index contributed by atoms with van der Waals surface area (Å²) >= 11 is 6.05. The molecule has 2 aromatic carbocycles. The first kappa shape index (κ1) is 21.4. The molecule has 31 heavy (non-hydrogen) atoms. The molecule has 7 heteroatoms. The fourth-order valence-electron chi connectivity index (χ4n) is 3.98. The maximum absolute atomic E-state index is 13.4. The van der Waals surface area contributed by atoms with Gasteiger partial charge in [0.15, 0.2) is 6.10 Å². The molecule has 1 amide bonds. The second-order valence-corrected chi connectivity index (χ2v) is 8.29. The van der Waals surface area contributed by atoms with Gasteiger partial charge in [-0.3, -0.25) is 4.79 Å². The van der Waals surface area contributed by atoms with E-state index in [9.17, 15) is 4.79 Å². The van der Waals surface area contributed by atoms with Crippen LogP contribution in [0.4, 0.5) is 0 Å². The number of aromatic nitrogens is 2. The number of nitrogens with zero attached hydrogens (tertiary/aromatic N) is 3. The Bertz CT molecular complexity index is 1000. The van der Waals surface area contributed by atoms with Gasteiger partial charge in [0.1, 0.15) is 12.3 Å². The minimum atomic E-state index is -0.656. The van der Waals surface area contributed by atoms with Crippen LogP contribution < -0.4 is 4.74 Å². The summed E-state index contributed by atoms with van der Waals surface area (Å²) in [6, 6.07) is 16.9. The molecule has 0 saturated heterocycles. The quantitative estimate of drug-likeness (QED) is 0.485. The summed E-state index contributed by atoms with van der Waals surface area (Å²) in [5.74, 6) is 1.43. The molecule has 0 N–H and O–H groups in total. The molecule has 0 unspecified atom stereocenters. The van der Waals surface area contributed by atoms with E-state index < -0.39 is 6.10 Å². The van der Waals surface area contributed by atoms with E-state index in [2.05, 4.69) is 10.1 Å². The summed E-state index contributed by atoms with van der Waals surface area (Å²) in [4.78, 5) is 19.8. The fourth-order valence-corrected chi connectivity index (χ4v) is 4.16. The van der Waals surface area contributed by atoms with Crippen LogP contribution in [-0.4, -0.2) is 33.1 Å². The SMILES string of the molecule is C[C@H](Oc1cccc(Cl)c1)C(=O)N(Cc1nc(-c2ccccc2)no1)C1CCCCC1. The molecule has 1 aliphatic carbocycles. The number of hydrogen-bond acceptors (Lipinski definition) is 5. The molecule has 3 aromatic rings. The van der Waals surface area contributed by atoms with Gasteiger partial charge in [-0.15, -0.1) is 0 Å². The molecule has 1 atom stereocenters. The first-order valence-electron chi connectivity index (χ1n) is 10.7. The van der Waals surface area contributed by atoms with Crippen LogP contribution in [-0.2, 0) is 11.3 Å². The Morgan fingerprint density at radius 3 is 2.68 bits per heavy atom. The Labute approximate surface area is 187 Å². The van der Waals surface area contributed by atoms with Crippen LogP contribution >= 0.6 is 11.6 Å². The summed E-state index contributed by atoms with van der Waals surface area (Å²) in [6.45, 7) is 2.04. The average molecular weight is 440 g/mol. The van der Waals surface area contributed by atoms with Gasteiger partial charge in [-0.1, -0.05) is 72.4 Å². The summed E-state index contributed by atoms with van der Waals surface area (Å²) in [7, 11) is 0. The molecule has 162 valence electrons. The Kier molecular flexibility index (Phi) is 6.87. The first-order valence-corrected chi connectivity index (χ1v) is 11.1. The highest BCUT2D eigenvalue weighted by Crippen LogP contribution is 2.26. The van der Waals surface area contributed by atoms with Crippen molar-refractivity contribution in [2.75, 3.05) is 0 Å². The van der Waals surface area contributed by atoms with E-state index in [1.54, 1.807) is 31.2 Å². The zero-order chi connectivity index (χ0) is 21.6. The van der Waals surface area contributed by atoms with Crippen LogP contribution in [0.15, 0.2) is 59.1 Å². The van der Waals surface area contributed by atoms with Crippen molar-refractivity contribution in [2.45, 2.75) is 57.7 Å². The van der Waals surface area contributed by atoms with Crippen LogP contribution in [0.2, 0.25) is 5.02 Å². The Morgan fingerprint density at radius 2 is 1.94 bits per heavy atom. The summed E-state index contributed by atoms with van der Waals surface area (Å²) in [5.41, 5.74) is 0.880. The van der Waals surface area contributed by atoms with E-state index in [-0.39, 0.29) is 18.5 Å². The molecule has 1 aromatic heterocycles. The smallest absolute Gasteiger partial charge is 0.264 e. The topological polar surface area (TPSA) is 68.5 Å². The monoisotopic (exact) mass is 439 g/mol. The molecule has 6 nitrogen and oxygen atoms in total. The van der Waals surface area contributed by atoms with Crippen LogP contribution in [0.5, 0.6) is 5.75 Å². The molecule has 1 fully saturated rings. The zero-order valence-electron chi connectivity index (χ0n) is 17.5. The van der Waals surface area contributed by atoms with Crippen molar-refractivity contribution in [2.24, 2.45) is 0 Å². The largest absolute Gasteiger partial charge is 0.481 e. The number of carbonyl (C=O) groups excluding carboxylic acids is 1. The predicted molar refractivity (Wildman–Crippen MR) is 119 cm³/mol. The Balaban J connectivity index is 1.51. The molecule has 1 heterocycles. The lowest BCUT2D eigenvalue weighted by Gasteiger charge is -2.35. The Hall–Kier alpha value is -2.86. The number of rotatable bonds is 7. The number of carbonyl (C=O) groups is 1. The van der Waals surface area contributed by atoms with Gasteiger partial charge in [-0.25, -0.2) is 0 Å². The van der Waals surface area contributed by atoms with Gasteiger partial charge in [0.05, 0.1) is 0 Å². The predicted octanol–water partition coefficient (Wildman–Crippen LogP) is 5.52. The lowest BCUT2D eigenvalue weighted by molar-refractivity contribution is -0.142. The molecule has 4 rings (SSSR count). The third kappa shape index (κ3) is 5.44. The van der Waals surface area contributed by atoms with Crippen LogP contribution in [0, 0.1) is 0 Å². The average Bonchev–Trinajstić information content (AvgIpc) is 3.27. The highest BCUT2D eigenvalue weighted by atomic mass is 35.5. The number of hydrogen-bond donors (Lipinski definition) is 0. The lowest BCUT2D eigenvalue weighted by atomic mass is 9.94. The number of halogens is 1. The van der Waals surface area contributed by atoms with Crippen LogP contribution in [0.25, 0.3) is 11.4 Å². The van der Waals surface area contributed by atoms with Crippen LogP contribution in [0.1, 0.15) is 44.9 Å². The highest BCUT2D eigenvalue weighted by molar-refractivity contribution is 6.30. The van der Waals surface area contributed by atoms with E-state index in [4.69, 9.17) is 20.9 Å². The molecule has 1 aliphatic rings. The molecule has 1 saturated carbocycles. The second kappa shape index (κ2) is 9.96. The van der Waals surface area contributed by atoms with Gasteiger partial charge in [-0.2, -0.15) is 4.98 Å². The summed E-state index contributed by atoms with van der Waals surface area (Å²) in [6.07, 6.45) is 4.70. The van der Waals surface area contributed by atoms with Gasteiger partial charge >= 0.3 is 0 Å². The van der Waals surface area contributed by atoms with Gasteiger partial charge < -0.3 is 14.2 Å². The van der Waals surface area contributed by atoms with E-state index in [0.29, 0.717) is 22.5 Å². The number of benzene rings is 2. The first-order chi connectivity index (χ1) is 15.1. The van der Waals surface area contributed by atoms with Crippen molar-refractivity contribution in [3.63, 3.8) is 0 Å². The second-order valence-electron chi connectivity index (χ2n) is 7.85. The maximum atomic E-state index is 13.4. The third-order valence-corrected chi connectivity index (χ3v) is 5.80. The van der Waals surface area contributed by atoms with Gasteiger partial charge in [-0.05, 0) is 38.0 Å².